The lowest BCUT2D eigenvalue weighted by Gasteiger charge is -2.33. The van der Waals surface area contributed by atoms with Crippen LogP contribution in [0.2, 0.25) is 0 Å². The summed E-state index contributed by atoms with van der Waals surface area (Å²) in [5.41, 5.74) is 8.18. The van der Waals surface area contributed by atoms with Crippen molar-refractivity contribution in [2.45, 2.75) is 25.3 Å². The fourth-order valence-electron chi connectivity index (χ4n) is 1.94. The van der Waals surface area contributed by atoms with Crippen molar-refractivity contribution < 1.29 is 4.79 Å². The van der Waals surface area contributed by atoms with Crippen LogP contribution in [0.3, 0.4) is 0 Å². The molecule has 84 valence electrons. The van der Waals surface area contributed by atoms with E-state index in [9.17, 15) is 4.79 Å². The van der Waals surface area contributed by atoms with Gasteiger partial charge in [0.15, 0.2) is 0 Å². The molecule has 0 radical (unpaired) electrons. The second kappa shape index (κ2) is 6.27. The summed E-state index contributed by atoms with van der Waals surface area (Å²) >= 11 is 0. The number of azide groups is 1. The van der Waals surface area contributed by atoms with Crippen LogP contribution in [0.25, 0.3) is 10.4 Å². The fourth-order valence-corrected chi connectivity index (χ4v) is 1.94. The number of hydrogen-bond donors (Lipinski definition) is 1. The van der Waals surface area contributed by atoms with Gasteiger partial charge in [-0.25, -0.2) is 0 Å². The highest BCUT2D eigenvalue weighted by Crippen LogP contribution is 2.16. The minimum Gasteiger partial charge on any atom is -0.358 e. The van der Waals surface area contributed by atoms with Crippen molar-refractivity contribution >= 4 is 5.91 Å². The standard InChI is InChI=1S/C9H17N5O/c1-11-9(15)8-4-2-3-6-14(8)7-5-12-13-10/h8H,2-7H2,1H3,(H,11,15). The van der Waals surface area contributed by atoms with Gasteiger partial charge in [0.05, 0.1) is 6.04 Å². The SMILES string of the molecule is CNC(=O)C1CCCCN1CCN=[N+]=[N-]. The molecular formula is C9H17N5O. The van der Waals surface area contributed by atoms with Gasteiger partial charge in [0, 0.05) is 25.0 Å². The van der Waals surface area contributed by atoms with Crippen LogP contribution >= 0.6 is 0 Å². The number of hydrogen-bond acceptors (Lipinski definition) is 3. The third kappa shape index (κ3) is 3.42. The van der Waals surface area contributed by atoms with Crippen LogP contribution in [-0.2, 0) is 4.79 Å². The first-order chi connectivity index (χ1) is 7.29. The Morgan fingerprint density at radius 1 is 1.67 bits per heavy atom. The molecular weight excluding hydrogens is 194 g/mol. The van der Waals surface area contributed by atoms with Crippen LogP contribution in [0, 0.1) is 0 Å². The van der Waals surface area contributed by atoms with Gasteiger partial charge in [0.25, 0.3) is 0 Å². The zero-order valence-corrected chi connectivity index (χ0v) is 9.02. The number of likely N-dealkylation sites (tertiary alicyclic amines) is 1. The molecule has 0 spiro atoms. The predicted octanol–water partition coefficient (Wildman–Crippen LogP) is 0.897. The first-order valence-corrected chi connectivity index (χ1v) is 5.26. The second-order valence-electron chi connectivity index (χ2n) is 3.62. The maximum atomic E-state index is 11.6. The van der Waals surface area contributed by atoms with Gasteiger partial charge < -0.3 is 5.32 Å². The second-order valence-corrected chi connectivity index (χ2v) is 3.62. The zero-order valence-electron chi connectivity index (χ0n) is 9.02. The van der Waals surface area contributed by atoms with Crippen LogP contribution in [0.5, 0.6) is 0 Å². The Morgan fingerprint density at radius 2 is 2.47 bits per heavy atom. The van der Waals surface area contributed by atoms with Crippen molar-refractivity contribution in [2.75, 3.05) is 26.7 Å². The highest BCUT2D eigenvalue weighted by atomic mass is 16.2. The monoisotopic (exact) mass is 211 g/mol. The Labute approximate surface area is 89.3 Å². The Kier molecular flexibility index (Phi) is 4.93. The molecule has 1 aliphatic rings. The Bertz CT molecular complexity index is 261. The molecule has 1 heterocycles. The minimum atomic E-state index is -0.0438. The maximum Gasteiger partial charge on any atom is 0.237 e. The van der Waals surface area contributed by atoms with E-state index < -0.39 is 0 Å². The van der Waals surface area contributed by atoms with E-state index in [1.807, 2.05) is 0 Å². The topological polar surface area (TPSA) is 81.1 Å². The molecule has 0 bridgehead atoms. The number of nitrogens with zero attached hydrogens (tertiary/aromatic N) is 4. The van der Waals surface area contributed by atoms with Gasteiger partial charge in [-0.1, -0.05) is 11.5 Å². The van der Waals surface area contributed by atoms with Crippen molar-refractivity contribution in [3.8, 4) is 0 Å². The van der Waals surface area contributed by atoms with Gasteiger partial charge >= 0.3 is 0 Å². The lowest BCUT2D eigenvalue weighted by Crippen LogP contribution is -2.49. The van der Waals surface area contributed by atoms with E-state index in [0.717, 1.165) is 25.8 Å². The van der Waals surface area contributed by atoms with Crippen LogP contribution in [0.15, 0.2) is 5.11 Å². The van der Waals surface area contributed by atoms with Gasteiger partial charge in [0.1, 0.15) is 0 Å². The van der Waals surface area contributed by atoms with E-state index in [1.165, 1.54) is 0 Å². The summed E-state index contributed by atoms with van der Waals surface area (Å²) in [7, 11) is 1.66. The van der Waals surface area contributed by atoms with Gasteiger partial charge in [-0.2, -0.15) is 0 Å². The van der Waals surface area contributed by atoms with Crippen molar-refractivity contribution in [1.29, 1.82) is 0 Å². The van der Waals surface area contributed by atoms with Crippen LogP contribution < -0.4 is 5.32 Å². The largest absolute Gasteiger partial charge is 0.358 e. The summed E-state index contributed by atoms with van der Waals surface area (Å²) in [4.78, 5) is 16.4. The Balaban J connectivity index is 2.49. The number of amides is 1. The smallest absolute Gasteiger partial charge is 0.237 e. The quantitative estimate of drug-likeness (QED) is 0.426. The molecule has 1 amide bonds. The van der Waals surface area contributed by atoms with Crippen molar-refractivity contribution in [1.82, 2.24) is 10.2 Å². The van der Waals surface area contributed by atoms with Crippen LogP contribution in [0.4, 0.5) is 0 Å². The highest BCUT2D eigenvalue weighted by Gasteiger charge is 2.26. The maximum absolute atomic E-state index is 11.6. The average molecular weight is 211 g/mol. The van der Waals surface area contributed by atoms with Gasteiger partial charge in [-0.3, -0.25) is 9.69 Å². The van der Waals surface area contributed by atoms with E-state index in [1.54, 1.807) is 7.05 Å². The number of nitrogens with one attached hydrogen (secondary N) is 1. The lowest BCUT2D eigenvalue weighted by molar-refractivity contribution is -0.127. The molecule has 0 saturated carbocycles. The third-order valence-corrected chi connectivity index (χ3v) is 2.71. The van der Waals surface area contributed by atoms with Crippen LogP contribution in [0.1, 0.15) is 19.3 Å². The molecule has 1 aliphatic heterocycles. The molecule has 0 aromatic rings. The van der Waals surface area contributed by atoms with E-state index >= 15 is 0 Å². The highest BCUT2D eigenvalue weighted by molar-refractivity contribution is 5.81. The summed E-state index contributed by atoms with van der Waals surface area (Å²) in [6, 6.07) is -0.0438. The summed E-state index contributed by atoms with van der Waals surface area (Å²) < 4.78 is 0. The molecule has 6 heteroatoms. The molecule has 1 atom stereocenters. The van der Waals surface area contributed by atoms with Crippen molar-refractivity contribution in [3.63, 3.8) is 0 Å². The van der Waals surface area contributed by atoms with Gasteiger partial charge in [-0.15, -0.1) is 0 Å². The fraction of sp³-hybridized carbons (Fsp3) is 0.889. The van der Waals surface area contributed by atoms with E-state index in [-0.39, 0.29) is 11.9 Å². The van der Waals surface area contributed by atoms with Gasteiger partial charge in [0.2, 0.25) is 5.91 Å². The lowest BCUT2D eigenvalue weighted by atomic mass is 10.0. The van der Waals surface area contributed by atoms with E-state index in [2.05, 4.69) is 20.2 Å². The van der Waals surface area contributed by atoms with E-state index in [0.29, 0.717) is 13.1 Å². The normalized spacial score (nSPS) is 21.8. The third-order valence-electron chi connectivity index (χ3n) is 2.71. The van der Waals surface area contributed by atoms with E-state index in [4.69, 9.17) is 5.53 Å². The molecule has 0 aromatic heterocycles. The molecule has 0 aliphatic carbocycles. The minimum absolute atomic E-state index is 0.0438. The first kappa shape index (κ1) is 11.8. The summed E-state index contributed by atoms with van der Waals surface area (Å²) in [5, 5.41) is 6.16. The van der Waals surface area contributed by atoms with Gasteiger partial charge in [-0.05, 0) is 24.9 Å². The van der Waals surface area contributed by atoms with Crippen LogP contribution in [-0.4, -0.2) is 43.5 Å². The summed E-state index contributed by atoms with van der Waals surface area (Å²) in [5.74, 6) is 0.0654. The molecule has 1 unspecified atom stereocenters. The molecule has 1 saturated heterocycles. The Morgan fingerprint density at radius 3 is 3.13 bits per heavy atom. The molecule has 6 nitrogen and oxygen atoms in total. The Hall–Kier alpha value is -1.26. The average Bonchev–Trinajstić information content (AvgIpc) is 2.29. The van der Waals surface area contributed by atoms with Crippen molar-refractivity contribution in [3.05, 3.63) is 10.4 Å². The molecule has 1 rings (SSSR count). The number of carbonyl (C=O) groups excluding carboxylic acids is 1. The molecule has 15 heavy (non-hydrogen) atoms. The number of piperidine rings is 1. The molecule has 1 N–H and O–H groups in total. The van der Waals surface area contributed by atoms with Crippen molar-refractivity contribution in [2.24, 2.45) is 5.11 Å². The summed E-state index contributed by atoms with van der Waals surface area (Å²) in [6.45, 7) is 2.02. The number of rotatable bonds is 4. The molecule has 0 aromatic carbocycles. The number of carbonyl (C=O) groups is 1. The number of likely N-dealkylation sites (N-methyl/N-ethyl adjacent to an activating group) is 1. The predicted molar refractivity (Wildman–Crippen MR) is 57.3 cm³/mol. The first-order valence-electron chi connectivity index (χ1n) is 5.26. The summed E-state index contributed by atoms with van der Waals surface area (Å²) in [6.07, 6.45) is 3.11. The zero-order chi connectivity index (χ0) is 11.1. The molecule has 1 fully saturated rings.